The van der Waals surface area contributed by atoms with Gasteiger partial charge in [0.25, 0.3) is 5.91 Å². The minimum absolute atomic E-state index is 0.0129. The minimum atomic E-state index is -0.959. The summed E-state index contributed by atoms with van der Waals surface area (Å²) >= 11 is 0. The molecule has 1 aromatic heterocycles. The molecule has 0 aliphatic heterocycles. The van der Waals surface area contributed by atoms with Crippen LogP contribution in [0.3, 0.4) is 0 Å². The summed E-state index contributed by atoms with van der Waals surface area (Å²) in [7, 11) is 1.22. The summed E-state index contributed by atoms with van der Waals surface area (Å²) in [5, 5.41) is 3.43. The molecule has 0 bridgehead atoms. The molecule has 0 aliphatic carbocycles. The van der Waals surface area contributed by atoms with Crippen LogP contribution in [0.2, 0.25) is 0 Å². The molecule has 0 saturated carbocycles. The summed E-state index contributed by atoms with van der Waals surface area (Å²) in [6, 6.07) is 11.5. The number of para-hydroxylation sites is 1. The number of fused-ring (bicyclic) bond motifs is 1. The van der Waals surface area contributed by atoms with Gasteiger partial charge in [0.1, 0.15) is 11.9 Å². The lowest BCUT2D eigenvalue weighted by Crippen LogP contribution is -2.44. The van der Waals surface area contributed by atoms with E-state index in [0.29, 0.717) is 0 Å². The third-order valence-electron chi connectivity index (χ3n) is 4.31. The molecule has 7 nitrogen and oxygen atoms in total. The maximum Gasteiger partial charge on any atom is 0.338 e. The number of nitrogens with one attached hydrogen (secondary N) is 2. The van der Waals surface area contributed by atoms with E-state index >= 15 is 0 Å². The highest BCUT2D eigenvalue weighted by atomic mass is 19.1. The van der Waals surface area contributed by atoms with Crippen LogP contribution >= 0.6 is 0 Å². The quantitative estimate of drug-likeness (QED) is 0.596. The maximum atomic E-state index is 13.2. The zero-order chi connectivity index (χ0) is 20.8. The van der Waals surface area contributed by atoms with Crippen LogP contribution in [-0.2, 0) is 25.5 Å². The van der Waals surface area contributed by atoms with E-state index < -0.39 is 36.3 Å². The molecule has 3 rings (SSSR count). The van der Waals surface area contributed by atoms with Crippen LogP contribution in [-0.4, -0.2) is 42.6 Å². The topological polar surface area (TPSA) is 97.5 Å². The van der Waals surface area contributed by atoms with Gasteiger partial charge in [0.05, 0.1) is 12.7 Å². The Bertz CT molecular complexity index is 1050. The van der Waals surface area contributed by atoms with Crippen LogP contribution in [0.1, 0.15) is 15.9 Å². The fourth-order valence-corrected chi connectivity index (χ4v) is 2.92. The van der Waals surface area contributed by atoms with Crippen LogP contribution in [0.25, 0.3) is 10.9 Å². The third-order valence-corrected chi connectivity index (χ3v) is 4.31. The Hall–Kier alpha value is -3.68. The Morgan fingerprint density at radius 2 is 1.93 bits per heavy atom. The Morgan fingerprint density at radius 3 is 2.69 bits per heavy atom. The first-order valence-electron chi connectivity index (χ1n) is 8.83. The van der Waals surface area contributed by atoms with E-state index in [1.165, 1.54) is 25.3 Å². The lowest BCUT2D eigenvalue weighted by atomic mass is 10.0. The first kappa shape index (κ1) is 20.1. The van der Waals surface area contributed by atoms with E-state index in [1.54, 1.807) is 6.20 Å². The van der Waals surface area contributed by atoms with Gasteiger partial charge in [0.2, 0.25) is 0 Å². The molecule has 2 aromatic carbocycles. The van der Waals surface area contributed by atoms with Crippen molar-refractivity contribution in [1.29, 1.82) is 0 Å². The van der Waals surface area contributed by atoms with Crippen LogP contribution in [0.15, 0.2) is 54.7 Å². The van der Waals surface area contributed by atoms with Gasteiger partial charge in [-0.05, 0) is 29.8 Å². The molecule has 0 aliphatic rings. The predicted molar refractivity (Wildman–Crippen MR) is 103 cm³/mol. The molecular formula is C21H19FN2O5. The Kier molecular flexibility index (Phi) is 6.23. The Morgan fingerprint density at radius 1 is 1.14 bits per heavy atom. The second kappa shape index (κ2) is 9.01. The lowest BCUT2D eigenvalue weighted by Gasteiger charge is -2.16. The van der Waals surface area contributed by atoms with Gasteiger partial charge in [0, 0.05) is 23.5 Å². The molecule has 0 saturated heterocycles. The fourth-order valence-electron chi connectivity index (χ4n) is 2.92. The van der Waals surface area contributed by atoms with Gasteiger partial charge >= 0.3 is 11.9 Å². The number of ether oxygens (including phenoxy) is 2. The summed E-state index contributed by atoms with van der Waals surface area (Å²) < 4.78 is 22.8. The highest BCUT2D eigenvalue weighted by Crippen LogP contribution is 2.19. The highest BCUT2D eigenvalue weighted by molar-refractivity contribution is 5.92. The SMILES string of the molecule is COC(=O)[C@@H](Cc1c[nH]c2ccccc12)NC(=O)COC(=O)c1cccc(F)c1. The highest BCUT2D eigenvalue weighted by Gasteiger charge is 2.24. The number of hydrogen-bond acceptors (Lipinski definition) is 5. The first-order chi connectivity index (χ1) is 14.0. The molecule has 2 N–H and O–H groups in total. The molecule has 29 heavy (non-hydrogen) atoms. The van der Waals surface area contributed by atoms with E-state index in [1.807, 2.05) is 24.3 Å². The normalized spacial score (nSPS) is 11.7. The number of esters is 2. The number of hydrogen-bond donors (Lipinski definition) is 2. The lowest BCUT2D eigenvalue weighted by molar-refractivity contribution is -0.145. The number of methoxy groups -OCH3 is 1. The molecular weight excluding hydrogens is 379 g/mol. The van der Waals surface area contributed by atoms with E-state index in [0.717, 1.165) is 22.5 Å². The van der Waals surface area contributed by atoms with Gasteiger partial charge in [0.15, 0.2) is 6.61 Å². The van der Waals surface area contributed by atoms with Crippen molar-refractivity contribution < 1.29 is 28.2 Å². The van der Waals surface area contributed by atoms with Crippen molar-refractivity contribution in [3.05, 3.63) is 71.7 Å². The Labute approximate surface area is 165 Å². The summed E-state index contributed by atoms with van der Waals surface area (Å²) in [5.74, 6) is -2.73. The number of H-pyrrole nitrogens is 1. The second-order valence-electron chi connectivity index (χ2n) is 6.29. The zero-order valence-electron chi connectivity index (χ0n) is 15.6. The fraction of sp³-hybridized carbons (Fsp3) is 0.190. The molecule has 1 heterocycles. The van der Waals surface area contributed by atoms with E-state index in [-0.39, 0.29) is 12.0 Å². The van der Waals surface area contributed by atoms with Crippen molar-refractivity contribution in [2.75, 3.05) is 13.7 Å². The van der Waals surface area contributed by atoms with Crippen molar-refractivity contribution in [3.63, 3.8) is 0 Å². The minimum Gasteiger partial charge on any atom is -0.467 e. The van der Waals surface area contributed by atoms with Gasteiger partial charge < -0.3 is 19.8 Å². The number of carbonyl (C=O) groups excluding carboxylic acids is 3. The number of halogens is 1. The number of amides is 1. The van der Waals surface area contributed by atoms with Gasteiger partial charge in [-0.3, -0.25) is 4.79 Å². The first-order valence-corrected chi connectivity index (χ1v) is 8.83. The predicted octanol–water partition coefficient (Wildman–Crippen LogP) is 2.36. The van der Waals surface area contributed by atoms with Gasteiger partial charge in [-0.1, -0.05) is 24.3 Å². The number of aromatic nitrogens is 1. The molecule has 3 aromatic rings. The Balaban J connectivity index is 1.63. The number of rotatable bonds is 7. The maximum absolute atomic E-state index is 13.2. The average Bonchev–Trinajstić information content (AvgIpc) is 3.14. The van der Waals surface area contributed by atoms with Crippen molar-refractivity contribution in [1.82, 2.24) is 10.3 Å². The molecule has 8 heteroatoms. The summed E-state index contributed by atoms with van der Waals surface area (Å²) in [6.07, 6.45) is 1.96. The number of carbonyl (C=O) groups is 3. The van der Waals surface area contributed by atoms with Crippen LogP contribution in [0.4, 0.5) is 4.39 Å². The van der Waals surface area contributed by atoms with Crippen molar-refractivity contribution in [3.8, 4) is 0 Å². The van der Waals surface area contributed by atoms with Crippen LogP contribution < -0.4 is 5.32 Å². The molecule has 1 atom stereocenters. The van der Waals surface area contributed by atoms with Crippen molar-refractivity contribution in [2.45, 2.75) is 12.5 Å². The van der Waals surface area contributed by atoms with E-state index in [9.17, 15) is 18.8 Å². The molecule has 0 spiro atoms. The molecule has 0 unspecified atom stereocenters. The third kappa shape index (κ3) is 4.98. The van der Waals surface area contributed by atoms with E-state index in [2.05, 4.69) is 10.3 Å². The summed E-state index contributed by atoms with van der Waals surface area (Å²) in [6.45, 7) is -0.614. The van der Waals surface area contributed by atoms with E-state index in [4.69, 9.17) is 9.47 Å². The zero-order valence-corrected chi connectivity index (χ0v) is 15.6. The van der Waals surface area contributed by atoms with Crippen LogP contribution in [0, 0.1) is 5.82 Å². The number of benzene rings is 2. The van der Waals surface area contributed by atoms with Crippen LogP contribution in [0.5, 0.6) is 0 Å². The van der Waals surface area contributed by atoms with Crippen molar-refractivity contribution in [2.24, 2.45) is 0 Å². The van der Waals surface area contributed by atoms with Gasteiger partial charge in [-0.25, -0.2) is 14.0 Å². The monoisotopic (exact) mass is 398 g/mol. The second-order valence-corrected chi connectivity index (χ2v) is 6.29. The molecule has 0 radical (unpaired) electrons. The molecule has 150 valence electrons. The average molecular weight is 398 g/mol. The largest absolute Gasteiger partial charge is 0.467 e. The summed E-state index contributed by atoms with van der Waals surface area (Å²) in [5.41, 5.74) is 1.72. The smallest absolute Gasteiger partial charge is 0.338 e. The van der Waals surface area contributed by atoms with Gasteiger partial charge in [-0.15, -0.1) is 0 Å². The number of aromatic amines is 1. The van der Waals surface area contributed by atoms with Crippen molar-refractivity contribution >= 4 is 28.7 Å². The molecule has 1 amide bonds. The van der Waals surface area contributed by atoms with Gasteiger partial charge in [-0.2, -0.15) is 0 Å². The summed E-state index contributed by atoms with van der Waals surface area (Å²) in [4.78, 5) is 39.3. The molecule has 0 fully saturated rings. The standard InChI is InChI=1S/C21H19FN2O5/c1-28-21(27)18(10-14-11-23-17-8-3-2-7-16(14)17)24-19(25)12-29-20(26)13-5-4-6-15(22)9-13/h2-9,11,18,23H,10,12H2,1H3,(H,24,25)/t18-/m1/s1.